The summed E-state index contributed by atoms with van der Waals surface area (Å²) in [5, 5.41) is 2.48. The number of alkyl halides is 2. The minimum atomic E-state index is -2.39. The summed E-state index contributed by atoms with van der Waals surface area (Å²) in [6.45, 7) is 0. The molecule has 1 aliphatic rings. The van der Waals surface area contributed by atoms with Gasteiger partial charge < -0.3 is 5.32 Å². The van der Waals surface area contributed by atoms with Crippen molar-refractivity contribution in [2.75, 3.05) is 7.05 Å². The van der Waals surface area contributed by atoms with Gasteiger partial charge in [-0.2, -0.15) is 0 Å². The molecule has 0 unspecified atom stereocenters. The van der Waals surface area contributed by atoms with Crippen molar-refractivity contribution in [3.05, 3.63) is 0 Å². The van der Waals surface area contributed by atoms with Crippen LogP contribution in [0.2, 0.25) is 0 Å². The zero-order chi connectivity index (χ0) is 5.49. The molecular weight excluding hydrogens is 136 g/mol. The molecule has 50 valence electrons. The van der Waals surface area contributed by atoms with Gasteiger partial charge >= 0.3 is 0 Å². The van der Waals surface area contributed by atoms with Crippen molar-refractivity contribution >= 4 is 12.4 Å². The first-order chi connectivity index (χ1) is 3.17. The van der Waals surface area contributed by atoms with Crippen LogP contribution in [0, 0.1) is 0 Å². The van der Waals surface area contributed by atoms with Crippen LogP contribution >= 0.6 is 12.4 Å². The number of hydrogen-bond donors (Lipinski definition) is 1. The van der Waals surface area contributed by atoms with Crippen molar-refractivity contribution in [3.63, 3.8) is 0 Å². The van der Waals surface area contributed by atoms with Gasteiger partial charge in [-0.15, -0.1) is 12.4 Å². The smallest absolute Gasteiger partial charge is 0.265 e. The van der Waals surface area contributed by atoms with E-state index in [2.05, 4.69) is 5.32 Å². The fourth-order valence-electron chi connectivity index (χ4n) is 0.526. The largest absolute Gasteiger partial charge is 0.312 e. The Labute approximate surface area is 52.9 Å². The molecule has 8 heavy (non-hydrogen) atoms. The van der Waals surface area contributed by atoms with Crippen molar-refractivity contribution in [1.82, 2.24) is 5.32 Å². The second-order valence-electron chi connectivity index (χ2n) is 1.81. The van der Waals surface area contributed by atoms with Gasteiger partial charge in [0.1, 0.15) is 0 Å². The quantitative estimate of drug-likeness (QED) is 0.578. The van der Waals surface area contributed by atoms with E-state index in [9.17, 15) is 8.78 Å². The van der Waals surface area contributed by atoms with Crippen LogP contribution in [0.1, 0.15) is 6.42 Å². The fraction of sp³-hybridized carbons (Fsp3) is 1.00. The third kappa shape index (κ3) is 1.29. The minimum absolute atomic E-state index is 0. The molecule has 1 saturated carbocycles. The van der Waals surface area contributed by atoms with Crippen molar-refractivity contribution in [3.8, 4) is 0 Å². The SMILES string of the molecule is CN[C@@H]1CC1(F)F.Cl. The first-order valence-electron chi connectivity index (χ1n) is 2.22. The molecule has 1 nitrogen and oxygen atoms in total. The number of rotatable bonds is 1. The molecule has 4 heteroatoms. The maximum atomic E-state index is 11.7. The van der Waals surface area contributed by atoms with Gasteiger partial charge in [0.15, 0.2) is 0 Å². The summed E-state index contributed by atoms with van der Waals surface area (Å²) in [5.74, 6) is -2.39. The van der Waals surface area contributed by atoms with Gasteiger partial charge in [-0.25, -0.2) is 8.78 Å². The van der Waals surface area contributed by atoms with E-state index in [1.54, 1.807) is 7.05 Å². The zero-order valence-corrected chi connectivity index (χ0v) is 5.27. The van der Waals surface area contributed by atoms with E-state index in [0.29, 0.717) is 0 Å². The van der Waals surface area contributed by atoms with Crippen LogP contribution in [0.15, 0.2) is 0 Å². The number of nitrogens with one attached hydrogen (secondary N) is 1. The van der Waals surface area contributed by atoms with Gasteiger partial charge in [0.25, 0.3) is 5.92 Å². The van der Waals surface area contributed by atoms with E-state index in [1.807, 2.05) is 0 Å². The summed E-state index contributed by atoms with van der Waals surface area (Å²) < 4.78 is 23.5. The maximum absolute atomic E-state index is 11.7. The van der Waals surface area contributed by atoms with Gasteiger partial charge in [0, 0.05) is 6.42 Å². The third-order valence-corrected chi connectivity index (χ3v) is 1.17. The van der Waals surface area contributed by atoms with Gasteiger partial charge in [-0.05, 0) is 7.05 Å². The molecule has 0 aliphatic heterocycles. The number of hydrogen-bond acceptors (Lipinski definition) is 1. The van der Waals surface area contributed by atoms with Crippen molar-refractivity contribution in [2.45, 2.75) is 18.4 Å². The average molecular weight is 144 g/mol. The predicted octanol–water partition coefficient (Wildman–Crippen LogP) is 1.04. The highest BCUT2D eigenvalue weighted by atomic mass is 35.5. The lowest BCUT2D eigenvalue weighted by molar-refractivity contribution is 0.108. The van der Waals surface area contributed by atoms with Crippen LogP contribution in [-0.2, 0) is 0 Å². The highest BCUT2D eigenvalue weighted by Gasteiger charge is 2.55. The fourth-order valence-corrected chi connectivity index (χ4v) is 0.526. The predicted molar refractivity (Wildman–Crippen MR) is 29.7 cm³/mol. The van der Waals surface area contributed by atoms with Crippen molar-refractivity contribution < 1.29 is 8.78 Å². The van der Waals surface area contributed by atoms with E-state index >= 15 is 0 Å². The molecule has 0 aromatic carbocycles. The summed E-state index contributed by atoms with van der Waals surface area (Å²) in [5.41, 5.74) is 0. The Balaban J connectivity index is 0.000000490. The van der Waals surface area contributed by atoms with Gasteiger partial charge in [-0.3, -0.25) is 0 Å². The van der Waals surface area contributed by atoms with Crippen LogP contribution in [0.5, 0.6) is 0 Å². The van der Waals surface area contributed by atoms with Crippen LogP contribution in [0.25, 0.3) is 0 Å². The van der Waals surface area contributed by atoms with Gasteiger partial charge in [0.05, 0.1) is 6.04 Å². The summed E-state index contributed by atoms with van der Waals surface area (Å²) >= 11 is 0. The molecule has 0 spiro atoms. The highest BCUT2D eigenvalue weighted by Crippen LogP contribution is 2.41. The van der Waals surface area contributed by atoms with E-state index < -0.39 is 12.0 Å². The lowest BCUT2D eigenvalue weighted by atomic mass is 10.7. The third-order valence-electron chi connectivity index (χ3n) is 1.17. The Kier molecular flexibility index (Phi) is 2.18. The lowest BCUT2D eigenvalue weighted by Gasteiger charge is -1.90. The van der Waals surface area contributed by atoms with Crippen LogP contribution in [0.4, 0.5) is 8.78 Å². The Morgan fingerprint density at radius 2 is 2.00 bits per heavy atom. The Bertz CT molecular complexity index is 86.1. The van der Waals surface area contributed by atoms with E-state index in [0.717, 1.165) is 0 Å². The van der Waals surface area contributed by atoms with Gasteiger partial charge in [-0.1, -0.05) is 0 Å². The summed E-state index contributed by atoms with van der Waals surface area (Å²) in [6.07, 6.45) is 0.0174. The minimum Gasteiger partial charge on any atom is -0.312 e. The normalized spacial score (nSPS) is 31.1. The summed E-state index contributed by atoms with van der Waals surface area (Å²) in [4.78, 5) is 0. The molecule has 1 atom stereocenters. The lowest BCUT2D eigenvalue weighted by Crippen LogP contribution is -2.15. The molecule has 1 fully saturated rings. The zero-order valence-electron chi connectivity index (χ0n) is 4.45. The molecule has 1 aliphatic carbocycles. The average Bonchev–Trinajstić information content (AvgIpc) is 2.13. The van der Waals surface area contributed by atoms with E-state index in [-0.39, 0.29) is 18.8 Å². The molecular formula is C4H8ClF2N. The molecule has 0 radical (unpaired) electrons. The topological polar surface area (TPSA) is 12.0 Å². The van der Waals surface area contributed by atoms with E-state index in [1.165, 1.54) is 0 Å². The molecule has 0 heterocycles. The Morgan fingerprint density at radius 1 is 1.62 bits per heavy atom. The molecule has 1 rings (SSSR count). The molecule has 0 aromatic rings. The number of halogens is 3. The van der Waals surface area contributed by atoms with E-state index in [4.69, 9.17) is 0 Å². The second kappa shape index (κ2) is 2.15. The monoisotopic (exact) mass is 143 g/mol. The van der Waals surface area contributed by atoms with Crippen molar-refractivity contribution in [1.29, 1.82) is 0 Å². The molecule has 0 bridgehead atoms. The Hall–Kier alpha value is 0.110. The summed E-state index contributed by atoms with van der Waals surface area (Å²) in [6, 6.07) is -0.535. The first kappa shape index (κ1) is 8.11. The van der Waals surface area contributed by atoms with Gasteiger partial charge in [0.2, 0.25) is 0 Å². The highest BCUT2D eigenvalue weighted by molar-refractivity contribution is 5.85. The van der Waals surface area contributed by atoms with Crippen molar-refractivity contribution in [2.24, 2.45) is 0 Å². The maximum Gasteiger partial charge on any atom is 0.265 e. The molecule has 0 saturated heterocycles. The molecule has 1 N–H and O–H groups in total. The standard InChI is InChI=1S/C4H7F2N.ClH/c1-7-3-2-4(3,5)6;/h3,7H,2H2,1H3;1H/t3-;/m1./s1. The Morgan fingerprint density at radius 3 is 2.00 bits per heavy atom. The molecule has 0 aromatic heterocycles. The van der Waals surface area contributed by atoms with Crippen LogP contribution in [-0.4, -0.2) is 19.0 Å². The van der Waals surface area contributed by atoms with Crippen LogP contribution < -0.4 is 5.32 Å². The second-order valence-corrected chi connectivity index (χ2v) is 1.81. The molecule has 0 amide bonds. The first-order valence-corrected chi connectivity index (χ1v) is 2.22. The van der Waals surface area contributed by atoms with Crippen LogP contribution in [0.3, 0.4) is 0 Å². The summed E-state index contributed by atoms with van der Waals surface area (Å²) in [7, 11) is 1.55.